The average Bonchev–Trinajstić information content (AvgIpc) is 2.57. The second-order valence-electron chi connectivity index (χ2n) is 6.05. The zero-order valence-corrected chi connectivity index (χ0v) is 13.0. The molecule has 0 atom stereocenters. The van der Waals surface area contributed by atoms with E-state index >= 15 is 0 Å². The topological polar surface area (TPSA) is 81.6 Å². The summed E-state index contributed by atoms with van der Waals surface area (Å²) in [4.78, 5) is 19.4. The molecule has 2 N–H and O–H groups in total. The van der Waals surface area contributed by atoms with Gasteiger partial charge in [-0.15, -0.1) is 0 Å². The van der Waals surface area contributed by atoms with Gasteiger partial charge in [0.05, 0.1) is 0 Å². The first-order valence-electron chi connectivity index (χ1n) is 8.11. The van der Waals surface area contributed by atoms with E-state index < -0.39 is 0 Å². The summed E-state index contributed by atoms with van der Waals surface area (Å²) < 4.78 is 0. The van der Waals surface area contributed by atoms with Crippen LogP contribution in [-0.2, 0) is 6.42 Å². The molecule has 118 valence electrons. The van der Waals surface area contributed by atoms with Crippen molar-refractivity contribution in [2.45, 2.75) is 38.5 Å². The van der Waals surface area contributed by atoms with Crippen LogP contribution in [0.5, 0.6) is 0 Å². The lowest BCUT2D eigenvalue weighted by Gasteiger charge is -2.21. The van der Waals surface area contributed by atoms with Crippen LogP contribution in [0.15, 0.2) is 35.1 Å². The highest BCUT2D eigenvalue weighted by Gasteiger charge is 2.17. The number of H-pyrrole nitrogens is 1. The van der Waals surface area contributed by atoms with Gasteiger partial charge in [-0.2, -0.15) is 5.26 Å². The van der Waals surface area contributed by atoms with Crippen LogP contribution in [0, 0.1) is 17.2 Å². The van der Waals surface area contributed by atoms with Crippen LogP contribution < -0.4 is 10.9 Å². The Hall–Kier alpha value is -2.61. The zero-order chi connectivity index (χ0) is 16.1. The van der Waals surface area contributed by atoms with Gasteiger partial charge >= 0.3 is 0 Å². The quantitative estimate of drug-likeness (QED) is 0.905. The highest BCUT2D eigenvalue weighted by molar-refractivity contribution is 5.61. The number of benzene rings is 1. The smallest absolute Gasteiger partial charge is 0.271 e. The molecule has 1 aliphatic rings. The molecule has 0 radical (unpaired) electrons. The standard InChI is InChI=1S/C18H20N4O/c19-12-15-17(20-14-9-5-2-6-10-14)21-16(22-18(15)23)11-13-7-3-1-4-8-13/h2,5-6,9-10,13H,1,3-4,7-8,11H2,(H2,20,21,22,23). The summed E-state index contributed by atoms with van der Waals surface area (Å²) in [5.74, 6) is 1.58. The maximum atomic E-state index is 12.2. The highest BCUT2D eigenvalue weighted by atomic mass is 16.1. The van der Waals surface area contributed by atoms with Gasteiger partial charge < -0.3 is 10.3 Å². The molecule has 0 amide bonds. The Morgan fingerprint density at radius 1 is 1.22 bits per heavy atom. The van der Waals surface area contributed by atoms with Crippen LogP contribution in [0.2, 0.25) is 0 Å². The molecule has 1 heterocycles. The lowest BCUT2D eigenvalue weighted by molar-refractivity contribution is 0.351. The fraction of sp³-hybridized carbons (Fsp3) is 0.389. The van der Waals surface area contributed by atoms with E-state index in [1.165, 1.54) is 32.1 Å². The molecule has 5 nitrogen and oxygen atoms in total. The fourth-order valence-electron chi connectivity index (χ4n) is 3.13. The number of para-hydroxylation sites is 1. The summed E-state index contributed by atoms with van der Waals surface area (Å²) in [6.07, 6.45) is 6.94. The Bertz CT molecular complexity index is 755. The SMILES string of the molecule is N#Cc1c(Nc2ccccc2)nc(CC2CCCCC2)[nH]c1=O. The van der Waals surface area contributed by atoms with E-state index in [4.69, 9.17) is 0 Å². The molecular weight excluding hydrogens is 288 g/mol. The summed E-state index contributed by atoms with van der Waals surface area (Å²) in [5, 5.41) is 12.3. The van der Waals surface area contributed by atoms with E-state index in [9.17, 15) is 10.1 Å². The Kier molecular flexibility index (Phi) is 4.72. The molecule has 0 aliphatic heterocycles. The van der Waals surface area contributed by atoms with E-state index in [0.29, 0.717) is 17.6 Å². The van der Waals surface area contributed by atoms with Gasteiger partial charge in [0.15, 0.2) is 11.4 Å². The third-order valence-electron chi connectivity index (χ3n) is 4.32. The maximum absolute atomic E-state index is 12.2. The third kappa shape index (κ3) is 3.78. The van der Waals surface area contributed by atoms with Crippen LogP contribution >= 0.6 is 0 Å². The average molecular weight is 308 g/mol. The molecule has 1 aliphatic carbocycles. The minimum absolute atomic E-state index is 0.0289. The minimum Gasteiger partial charge on any atom is -0.339 e. The fourth-order valence-corrected chi connectivity index (χ4v) is 3.13. The number of anilines is 2. The van der Waals surface area contributed by atoms with Crippen LogP contribution in [-0.4, -0.2) is 9.97 Å². The van der Waals surface area contributed by atoms with Crippen LogP contribution in [0.4, 0.5) is 11.5 Å². The lowest BCUT2D eigenvalue weighted by atomic mass is 9.87. The molecule has 3 rings (SSSR count). The molecule has 0 unspecified atom stereocenters. The van der Waals surface area contributed by atoms with Crippen molar-refractivity contribution in [1.29, 1.82) is 5.26 Å². The van der Waals surface area contributed by atoms with Crippen LogP contribution in [0.1, 0.15) is 43.5 Å². The molecule has 1 aromatic heterocycles. The predicted octanol–water partition coefficient (Wildman–Crippen LogP) is 3.51. The first-order chi connectivity index (χ1) is 11.3. The van der Waals surface area contributed by atoms with Crippen LogP contribution in [0.3, 0.4) is 0 Å². The Morgan fingerprint density at radius 3 is 2.65 bits per heavy atom. The molecule has 0 bridgehead atoms. The van der Waals surface area contributed by atoms with Crippen molar-refractivity contribution in [3.8, 4) is 6.07 Å². The van der Waals surface area contributed by atoms with Crippen molar-refractivity contribution in [2.24, 2.45) is 5.92 Å². The van der Waals surface area contributed by atoms with Gasteiger partial charge in [-0.25, -0.2) is 4.98 Å². The van der Waals surface area contributed by atoms with E-state index in [1.807, 2.05) is 36.4 Å². The van der Waals surface area contributed by atoms with Crippen molar-refractivity contribution >= 4 is 11.5 Å². The second-order valence-corrected chi connectivity index (χ2v) is 6.05. The molecule has 23 heavy (non-hydrogen) atoms. The summed E-state index contributed by atoms with van der Waals surface area (Å²) in [7, 11) is 0. The lowest BCUT2D eigenvalue weighted by Crippen LogP contribution is -2.20. The second kappa shape index (κ2) is 7.10. The van der Waals surface area contributed by atoms with Crippen molar-refractivity contribution in [3.05, 3.63) is 52.1 Å². The van der Waals surface area contributed by atoms with E-state index in [1.54, 1.807) is 0 Å². The van der Waals surface area contributed by atoms with Gasteiger partial charge in [-0.3, -0.25) is 4.79 Å². The number of hydrogen-bond donors (Lipinski definition) is 2. The largest absolute Gasteiger partial charge is 0.339 e. The van der Waals surface area contributed by atoms with E-state index in [2.05, 4.69) is 15.3 Å². The molecule has 2 aromatic rings. The number of nitriles is 1. The van der Waals surface area contributed by atoms with E-state index in [-0.39, 0.29) is 11.1 Å². The van der Waals surface area contributed by atoms with Gasteiger partial charge in [0.25, 0.3) is 5.56 Å². The Labute approximate surface area is 135 Å². The van der Waals surface area contributed by atoms with Gasteiger partial charge in [0.1, 0.15) is 11.9 Å². The summed E-state index contributed by atoms with van der Waals surface area (Å²) in [6.45, 7) is 0. The van der Waals surface area contributed by atoms with Crippen molar-refractivity contribution in [3.63, 3.8) is 0 Å². The van der Waals surface area contributed by atoms with Crippen molar-refractivity contribution < 1.29 is 0 Å². The zero-order valence-electron chi connectivity index (χ0n) is 13.0. The number of nitrogens with one attached hydrogen (secondary N) is 2. The summed E-state index contributed by atoms with van der Waals surface area (Å²) in [5.41, 5.74) is 0.471. The monoisotopic (exact) mass is 308 g/mol. The number of rotatable bonds is 4. The third-order valence-corrected chi connectivity index (χ3v) is 4.32. The number of nitrogens with zero attached hydrogens (tertiary/aromatic N) is 2. The number of hydrogen-bond acceptors (Lipinski definition) is 4. The molecule has 0 saturated heterocycles. The predicted molar refractivity (Wildman–Crippen MR) is 89.6 cm³/mol. The van der Waals surface area contributed by atoms with Gasteiger partial charge in [0.2, 0.25) is 0 Å². The van der Waals surface area contributed by atoms with Gasteiger partial charge in [-0.1, -0.05) is 50.3 Å². The van der Waals surface area contributed by atoms with Crippen molar-refractivity contribution in [2.75, 3.05) is 5.32 Å². The molecule has 0 spiro atoms. The maximum Gasteiger partial charge on any atom is 0.271 e. The first kappa shape index (κ1) is 15.3. The molecule has 1 saturated carbocycles. The molecule has 1 fully saturated rings. The summed E-state index contributed by atoms with van der Waals surface area (Å²) >= 11 is 0. The summed E-state index contributed by atoms with van der Waals surface area (Å²) in [6, 6.07) is 11.4. The highest BCUT2D eigenvalue weighted by Crippen LogP contribution is 2.26. The molecular formula is C18H20N4O. The molecule has 1 aromatic carbocycles. The normalized spacial score (nSPS) is 15.1. The Balaban J connectivity index is 1.87. The Morgan fingerprint density at radius 2 is 1.96 bits per heavy atom. The van der Waals surface area contributed by atoms with Gasteiger partial charge in [0, 0.05) is 12.1 Å². The molecule has 5 heteroatoms. The minimum atomic E-state index is -0.369. The van der Waals surface area contributed by atoms with Crippen LogP contribution in [0.25, 0.3) is 0 Å². The number of aromatic nitrogens is 2. The first-order valence-corrected chi connectivity index (χ1v) is 8.11. The van der Waals surface area contributed by atoms with Gasteiger partial charge in [-0.05, 0) is 18.1 Å². The number of aromatic amines is 1. The van der Waals surface area contributed by atoms with Crippen molar-refractivity contribution in [1.82, 2.24) is 9.97 Å². The van der Waals surface area contributed by atoms with E-state index in [0.717, 1.165) is 12.1 Å².